The first-order chi connectivity index (χ1) is 11.2. The molecule has 0 fully saturated rings. The standard InChI is InChI=1S/C17H18N4O2/c1-22-15-3-2-12(11-7-19-10-20-8-11)13-4-5-17(6-14(13)15)9-23-16(18)21-17/h2-3,7-8,10H,4-6,9H2,1H3,(H2,18,21). The third-order valence-electron chi connectivity index (χ3n) is 4.66. The number of benzene rings is 1. The largest absolute Gasteiger partial charge is 0.496 e. The predicted molar refractivity (Wildman–Crippen MR) is 86.4 cm³/mol. The highest BCUT2D eigenvalue weighted by Crippen LogP contribution is 2.42. The molecule has 0 bridgehead atoms. The highest BCUT2D eigenvalue weighted by Gasteiger charge is 2.41. The summed E-state index contributed by atoms with van der Waals surface area (Å²) in [7, 11) is 1.70. The first kappa shape index (κ1) is 14.0. The number of ether oxygens (including phenoxy) is 2. The van der Waals surface area contributed by atoms with Crippen molar-refractivity contribution in [3.8, 4) is 16.9 Å². The molecule has 2 aromatic rings. The lowest BCUT2D eigenvalue weighted by molar-refractivity contribution is 0.233. The van der Waals surface area contributed by atoms with E-state index < -0.39 is 0 Å². The second kappa shape index (κ2) is 5.22. The van der Waals surface area contributed by atoms with Gasteiger partial charge in [0, 0.05) is 29.9 Å². The van der Waals surface area contributed by atoms with Crippen LogP contribution in [0.4, 0.5) is 0 Å². The van der Waals surface area contributed by atoms with Crippen LogP contribution in [0.1, 0.15) is 17.5 Å². The Balaban J connectivity index is 1.82. The Kier molecular flexibility index (Phi) is 3.18. The van der Waals surface area contributed by atoms with Gasteiger partial charge >= 0.3 is 0 Å². The first-order valence-electron chi connectivity index (χ1n) is 7.63. The molecule has 1 aliphatic carbocycles. The maximum absolute atomic E-state index is 5.73. The molecule has 6 nitrogen and oxygen atoms in total. The molecule has 1 aromatic carbocycles. The van der Waals surface area contributed by atoms with E-state index in [0.717, 1.165) is 36.1 Å². The fourth-order valence-electron chi connectivity index (χ4n) is 3.55. The predicted octanol–water partition coefficient (Wildman–Crippen LogP) is 1.72. The Morgan fingerprint density at radius 2 is 2.04 bits per heavy atom. The quantitative estimate of drug-likeness (QED) is 0.913. The van der Waals surface area contributed by atoms with E-state index in [1.54, 1.807) is 13.4 Å². The van der Waals surface area contributed by atoms with Crippen LogP contribution in [0.2, 0.25) is 0 Å². The summed E-state index contributed by atoms with van der Waals surface area (Å²) >= 11 is 0. The summed E-state index contributed by atoms with van der Waals surface area (Å²) in [6.07, 6.45) is 7.81. The molecule has 2 heterocycles. The van der Waals surface area contributed by atoms with Crippen molar-refractivity contribution >= 4 is 6.02 Å². The first-order valence-corrected chi connectivity index (χ1v) is 7.63. The van der Waals surface area contributed by atoms with Gasteiger partial charge in [-0.05, 0) is 30.0 Å². The number of hydrogen-bond donors (Lipinski definition) is 1. The third kappa shape index (κ3) is 2.30. The van der Waals surface area contributed by atoms with Gasteiger partial charge < -0.3 is 15.2 Å². The van der Waals surface area contributed by atoms with Crippen LogP contribution >= 0.6 is 0 Å². The van der Waals surface area contributed by atoms with E-state index in [0.29, 0.717) is 12.6 Å². The number of nitrogens with zero attached hydrogens (tertiary/aromatic N) is 3. The second-order valence-electron chi connectivity index (χ2n) is 6.04. The van der Waals surface area contributed by atoms with Crippen molar-refractivity contribution in [1.82, 2.24) is 9.97 Å². The molecule has 118 valence electrons. The number of aromatic nitrogens is 2. The average molecular weight is 310 g/mol. The number of fused-ring (bicyclic) bond motifs is 1. The van der Waals surface area contributed by atoms with Crippen LogP contribution < -0.4 is 10.5 Å². The summed E-state index contributed by atoms with van der Waals surface area (Å²) in [6.45, 7) is 0.542. The van der Waals surface area contributed by atoms with E-state index in [1.165, 1.54) is 11.1 Å². The van der Waals surface area contributed by atoms with Crippen LogP contribution in [0.3, 0.4) is 0 Å². The van der Waals surface area contributed by atoms with Crippen LogP contribution in [0.25, 0.3) is 11.1 Å². The molecule has 1 aromatic heterocycles. The molecular formula is C17H18N4O2. The zero-order valence-electron chi connectivity index (χ0n) is 13.0. The second-order valence-corrected chi connectivity index (χ2v) is 6.04. The van der Waals surface area contributed by atoms with Crippen molar-refractivity contribution in [1.29, 1.82) is 0 Å². The van der Waals surface area contributed by atoms with E-state index >= 15 is 0 Å². The molecule has 0 saturated carbocycles. The van der Waals surface area contributed by atoms with Crippen LogP contribution in [0.15, 0.2) is 35.8 Å². The van der Waals surface area contributed by atoms with Gasteiger partial charge in [-0.25, -0.2) is 15.0 Å². The molecular weight excluding hydrogens is 292 g/mol. The fourth-order valence-corrected chi connectivity index (χ4v) is 3.55. The Hall–Kier alpha value is -2.63. The SMILES string of the molecule is COc1ccc(-c2cncnc2)c2c1CC1(CC2)COC(N)=N1. The van der Waals surface area contributed by atoms with Gasteiger partial charge in [-0.1, -0.05) is 6.07 Å². The molecule has 2 aliphatic rings. The molecule has 1 aliphatic heterocycles. The molecule has 4 rings (SSSR count). The fraction of sp³-hybridized carbons (Fsp3) is 0.353. The zero-order valence-corrected chi connectivity index (χ0v) is 13.0. The number of amidine groups is 1. The Bertz CT molecular complexity index is 776. The summed E-state index contributed by atoms with van der Waals surface area (Å²) in [4.78, 5) is 12.8. The van der Waals surface area contributed by atoms with E-state index in [9.17, 15) is 0 Å². The molecule has 0 radical (unpaired) electrons. The van der Waals surface area contributed by atoms with Crippen LogP contribution in [0.5, 0.6) is 5.75 Å². The van der Waals surface area contributed by atoms with Crippen molar-refractivity contribution in [2.75, 3.05) is 13.7 Å². The summed E-state index contributed by atoms with van der Waals surface area (Å²) in [5, 5.41) is 0. The highest BCUT2D eigenvalue weighted by molar-refractivity contribution is 5.75. The van der Waals surface area contributed by atoms with E-state index in [1.807, 2.05) is 18.5 Å². The maximum Gasteiger partial charge on any atom is 0.282 e. The zero-order chi connectivity index (χ0) is 15.9. The van der Waals surface area contributed by atoms with Crippen molar-refractivity contribution in [3.05, 3.63) is 42.0 Å². The number of methoxy groups -OCH3 is 1. The molecule has 0 saturated heterocycles. The van der Waals surface area contributed by atoms with Gasteiger partial charge in [-0.2, -0.15) is 0 Å². The monoisotopic (exact) mass is 310 g/mol. The lowest BCUT2D eigenvalue weighted by atomic mass is 9.76. The van der Waals surface area contributed by atoms with E-state index in [4.69, 9.17) is 15.2 Å². The minimum Gasteiger partial charge on any atom is -0.496 e. The number of aliphatic imine (C=N–C) groups is 1. The molecule has 1 unspecified atom stereocenters. The van der Waals surface area contributed by atoms with Crippen molar-refractivity contribution in [2.24, 2.45) is 10.7 Å². The molecule has 2 N–H and O–H groups in total. The summed E-state index contributed by atoms with van der Waals surface area (Å²) < 4.78 is 11.0. The smallest absolute Gasteiger partial charge is 0.282 e. The average Bonchev–Trinajstić information content (AvgIpc) is 2.94. The normalized spacial score (nSPS) is 22.4. The molecule has 1 atom stereocenters. The van der Waals surface area contributed by atoms with Gasteiger partial charge in [0.2, 0.25) is 0 Å². The summed E-state index contributed by atoms with van der Waals surface area (Å²) in [5.74, 6) is 0.889. The topological polar surface area (TPSA) is 82.6 Å². The van der Waals surface area contributed by atoms with Gasteiger partial charge in [0.25, 0.3) is 6.02 Å². The third-order valence-corrected chi connectivity index (χ3v) is 4.66. The number of nitrogens with two attached hydrogens (primary N) is 1. The highest BCUT2D eigenvalue weighted by atomic mass is 16.5. The molecule has 0 amide bonds. The van der Waals surface area contributed by atoms with E-state index in [2.05, 4.69) is 21.0 Å². The summed E-state index contributed by atoms with van der Waals surface area (Å²) in [5.41, 5.74) is 10.1. The van der Waals surface area contributed by atoms with Crippen LogP contribution in [-0.4, -0.2) is 35.2 Å². The summed E-state index contributed by atoms with van der Waals surface area (Å²) in [6, 6.07) is 4.38. The molecule has 23 heavy (non-hydrogen) atoms. The van der Waals surface area contributed by atoms with Gasteiger partial charge in [-0.15, -0.1) is 0 Å². The van der Waals surface area contributed by atoms with Crippen LogP contribution in [0, 0.1) is 0 Å². The van der Waals surface area contributed by atoms with E-state index in [-0.39, 0.29) is 5.54 Å². The lowest BCUT2D eigenvalue weighted by Crippen LogP contribution is -2.36. The molecule has 6 heteroatoms. The van der Waals surface area contributed by atoms with Gasteiger partial charge in [0.05, 0.1) is 7.11 Å². The van der Waals surface area contributed by atoms with Gasteiger partial charge in [0.1, 0.15) is 24.2 Å². The van der Waals surface area contributed by atoms with Crippen molar-refractivity contribution < 1.29 is 9.47 Å². The van der Waals surface area contributed by atoms with Crippen LogP contribution in [-0.2, 0) is 17.6 Å². The Morgan fingerprint density at radius 3 is 2.74 bits per heavy atom. The molecule has 1 spiro atoms. The number of hydrogen-bond acceptors (Lipinski definition) is 6. The number of rotatable bonds is 2. The maximum atomic E-state index is 5.73. The van der Waals surface area contributed by atoms with Gasteiger partial charge in [0.15, 0.2) is 0 Å². The van der Waals surface area contributed by atoms with Crippen molar-refractivity contribution in [3.63, 3.8) is 0 Å². The Labute approximate surface area is 134 Å². The van der Waals surface area contributed by atoms with Gasteiger partial charge in [-0.3, -0.25) is 0 Å². The Morgan fingerprint density at radius 1 is 1.22 bits per heavy atom. The van der Waals surface area contributed by atoms with Crippen molar-refractivity contribution in [2.45, 2.75) is 24.8 Å². The lowest BCUT2D eigenvalue weighted by Gasteiger charge is -2.32. The minimum atomic E-state index is -0.254. The minimum absolute atomic E-state index is 0.254.